The summed E-state index contributed by atoms with van der Waals surface area (Å²) < 4.78 is 5.02. The smallest absolute Gasteiger partial charge is 0.319 e. The lowest BCUT2D eigenvalue weighted by atomic mass is 10.2. The van der Waals surface area contributed by atoms with Gasteiger partial charge in [0.1, 0.15) is 4.83 Å². The van der Waals surface area contributed by atoms with E-state index >= 15 is 0 Å². The van der Waals surface area contributed by atoms with E-state index in [4.69, 9.17) is 4.74 Å². The molecule has 0 aromatic carbocycles. The van der Waals surface area contributed by atoms with Crippen molar-refractivity contribution in [3.8, 4) is 0 Å². The van der Waals surface area contributed by atoms with E-state index in [0.717, 1.165) is 19.3 Å². The molecule has 0 radical (unpaired) electrons. The van der Waals surface area contributed by atoms with Crippen LogP contribution < -0.4 is 0 Å². The molecule has 0 heterocycles. The van der Waals surface area contributed by atoms with Crippen LogP contribution in [0.25, 0.3) is 0 Å². The molecular formula is C9H17BrO2. The largest absolute Gasteiger partial charge is 0.462 e. The monoisotopic (exact) mass is 236 g/mol. The van der Waals surface area contributed by atoms with Crippen LogP contribution in [-0.2, 0) is 9.53 Å². The molecule has 3 heteroatoms. The Hall–Kier alpha value is -0.0500. The van der Waals surface area contributed by atoms with Crippen molar-refractivity contribution in [2.24, 2.45) is 0 Å². The van der Waals surface area contributed by atoms with Crippen molar-refractivity contribution in [3.05, 3.63) is 0 Å². The molecule has 0 fully saturated rings. The van der Waals surface area contributed by atoms with Crippen molar-refractivity contribution < 1.29 is 9.53 Å². The first-order valence-electron chi connectivity index (χ1n) is 4.42. The van der Waals surface area contributed by atoms with E-state index in [1.54, 1.807) is 0 Å². The maximum Gasteiger partial charge on any atom is 0.319 e. The number of rotatable bonds is 5. The molecule has 0 N–H and O–H groups in total. The molecule has 0 unspecified atom stereocenters. The van der Waals surface area contributed by atoms with Crippen LogP contribution >= 0.6 is 15.9 Å². The van der Waals surface area contributed by atoms with Gasteiger partial charge in [-0.3, -0.25) is 4.79 Å². The lowest BCUT2D eigenvalue weighted by Crippen LogP contribution is -2.20. The maximum atomic E-state index is 11.2. The van der Waals surface area contributed by atoms with Crippen molar-refractivity contribution in [2.45, 2.75) is 51.0 Å². The Morgan fingerprint density at radius 3 is 2.50 bits per heavy atom. The molecule has 0 aromatic rings. The Labute approximate surface area is 82.8 Å². The van der Waals surface area contributed by atoms with E-state index in [2.05, 4.69) is 22.9 Å². The van der Waals surface area contributed by atoms with E-state index in [0.29, 0.717) is 0 Å². The van der Waals surface area contributed by atoms with Crippen molar-refractivity contribution in [2.75, 3.05) is 0 Å². The molecule has 12 heavy (non-hydrogen) atoms. The van der Waals surface area contributed by atoms with Gasteiger partial charge >= 0.3 is 5.97 Å². The normalized spacial score (nSPS) is 13.1. The molecule has 1 atom stereocenters. The van der Waals surface area contributed by atoms with Gasteiger partial charge in [0.2, 0.25) is 0 Å². The number of alkyl halides is 1. The fraction of sp³-hybridized carbons (Fsp3) is 0.889. The maximum absolute atomic E-state index is 11.2. The summed E-state index contributed by atoms with van der Waals surface area (Å²) in [5.41, 5.74) is 0. The zero-order valence-corrected chi connectivity index (χ0v) is 9.56. The minimum Gasteiger partial charge on any atom is -0.462 e. The number of carbonyl (C=O) groups is 1. The third-order valence-electron chi connectivity index (χ3n) is 1.42. The minimum absolute atomic E-state index is 0.0147. The molecule has 0 rings (SSSR count). The van der Waals surface area contributed by atoms with Crippen LogP contribution in [0.3, 0.4) is 0 Å². The predicted molar refractivity (Wildman–Crippen MR) is 53.5 cm³/mol. The minimum atomic E-state index is -0.140. The van der Waals surface area contributed by atoms with E-state index in [1.165, 1.54) is 0 Å². The Bertz CT molecular complexity index is 134. The van der Waals surface area contributed by atoms with Gasteiger partial charge in [-0.25, -0.2) is 0 Å². The third kappa shape index (κ3) is 5.58. The molecule has 0 aliphatic carbocycles. The molecule has 2 nitrogen and oxygen atoms in total. The van der Waals surface area contributed by atoms with Crippen LogP contribution in [0.5, 0.6) is 0 Å². The zero-order chi connectivity index (χ0) is 9.56. The van der Waals surface area contributed by atoms with Crippen molar-refractivity contribution >= 4 is 21.9 Å². The molecular weight excluding hydrogens is 220 g/mol. The molecule has 0 spiro atoms. The zero-order valence-electron chi connectivity index (χ0n) is 7.97. The van der Waals surface area contributed by atoms with Gasteiger partial charge in [-0.05, 0) is 20.3 Å². The Kier molecular flexibility index (Phi) is 6.44. The first kappa shape index (κ1) is 11.9. The Morgan fingerprint density at radius 1 is 1.50 bits per heavy atom. The van der Waals surface area contributed by atoms with Crippen molar-refractivity contribution in [1.29, 1.82) is 0 Å². The van der Waals surface area contributed by atoms with Crippen LogP contribution in [0.2, 0.25) is 0 Å². The standard InChI is InChI=1S/C9H17BrO2/c1-4-5-6-8(10)9(11)12-7(2)3/h7-8H,4-6H2,1-3H3/t8-/m0/s1. The van der Waals surface area contributed by atoms with E-state index < -0.39 is 0 Å². The highest BCUT2D eigenvalue weighted by Gasteiger charge is 2.16. The molecule has 0 saturated heterocycles. The van der Waals surface area contributed by atoms with Crippen LogP contribution in [0.4, 0.5) is 0 Å². The van der Waals surface area contributed by atoms with E-state index in [9.17, 15) is 4.79 Å². The SMILES string of the molecule is CCCC[C@H](Br)C(=O)OC(C)C. The number of hydrogen-bond donors (Lipinski definition) is 0. The van der Waals surface area contributed by atoms with Crippen LogP contribution in [0.1, 0.15) is 40.0 Å². The summed E-state index contributed by atoms with van der Waals surface area (Å²) in [6.45, 7) is 5.82. The summed E-state index contributed by atoms with van der Waals surface area (Å²) in [5.74, 6) is -0.140. The van der Waals surface area contributed by atoms with Crippen LogP contribution in [0.15, 0.2) is 0 Å². The highest BCUT2D eigenvalue weighted by Crippen LogP contribution is 2.12. The Morgan fingerprint density at radius 2 is 2.08 bits per heavy atom. The number of esters is 1. The molecule has 0 bridgehead atoms. The summed E-state index contributed by atoms with van der Waals surface area (Å²) in [7, 11) is 0. The van der Waals surface area contributed by atoms with Gasteiger partial charge in [0.05, 0.1) is 6.10 Å². The first-order chi connectivity index (χ1) is 5.57. The average molecular weight is 237 g/mol. The topological polar surface area (TPSA) is 26.3 Å². The number of halogens is 1. The highest BCUT2D eigenvalue weighted by atomic mass is 79.9. The second-order valence-electron chi connectivity index (χ2n) is 3.10. The number of ether oxygens (including phenoxy) is 1. The average Bonchev–Trinajstić information content (AvgIpc) is 1.98. The second-order valence-corrected chi connectivity index (χ2v) is 4.20. The molecule has 72 valence electrons. The van der Waals surface area contributed by atoms with Gasteiger partial charge in [0, 0.05) is 0 Å². The summed E-state index contributed by atoms with van der Waals surface area (Å²) in [6.07, 6.45) is 3.02. The quantitative estimate of drug-likeness (QED) is 0.542. The molecule has 0 amide bonds. The predicted octanol–water partition coefficient (Wildman–Crippen LogP) is 2.89. The van der Waals surface area contributed by atoms with Crippen LogP contribution in [-0.4, -0.2) is 16.9 Å². The third-order valence-corrected chi connectivity index (χ3v) is 2.25. The number of unbranched alkanes of at least 4 members (excludes halogenated alkanes) is 1. The van der Waals surface area contributed by atoms with Gasteiger partial charge in [-0.2, -0.15) is 0 Å². The van der Waals surface area contributed by atoms with Gasteiger partial charge < -0.3 is 4.74 Å². The molecule has 0 aromatic heterocycles. The van der Waals surface area contributed by atoms with Gasteiger partial charge in [-0.1, -0.05) is 35.7 Å². The van der Waals surface area contributed by atoms with Crippen LogP contribution in [0, 0.1) is 0 Å². The van der Waals surface area contributed by atoms with E-state index in [-0.39, 0.29) is 16.9 Å². The molecule has 0 aliphatic rings. The van der Waals surface area contributed by atoms with Gasteiger partial charge in [0.25, 0.3) is 0 Å². The summed E-state index contributed by atoms with van der Waals surface area (Å²) in [6, 6.07) is 0. The van der Waals surface area contributed by atoms with Crippen molar-refractivity contribution in [1.82, 2.24) is 0 Å². The second kappa shape index (κ2) is 6.46. The highest BCUT2D eigenvalue weighted by molar-refractivity contribution is 9.10. The summed E-state index contributed by atoms with van der Waals surface area (Å²) in [4.78, 5) is 11.1. The summed E-state index contributed by atoms with van der Waals surface area (Å²) in [5, 5.41) is 0. The van der Waals surface area contributed by atoms with Gasteiger partial charge in [-0.15, -0.1) is 0 Å². The number of hydrogen-bond acceptors (Lipinski definition) is 2. The molecule has 0 saturated carbocycles. The van der Waals surface area contributed by atoms with Gasteiger partial charge in [0.15, 0.2) is 0 Å². The Balaban J connectivity index is 3.61. The molecule has 0 aliphatic heterocycles. The summed E-state index contributed by atoms with van der Waals surface area (Å²) >= 11 is 3.30. The lowest BCUT2D eigenvalue weighted by Gasteiger charge is -2.11. The number of carbonyl (C=O) groups excluding carboxylic acids is 1. The first-order valence-corrected chi connectivity index (χ1v) is 5.34. The van der Waals surface area contributed by atoms with E-state index in [1.807, 2.05) is 13.8 Å². The van der Waals surface area contributed by atoms with Crippen molar-refractivity contribution in [3.63, 3.8) is 0 Å². The lowest BCUT2D eigenvalue weighted by molar-refractivity contribution is -0.146. The fourth-order valence-electron chi connectivity index (χ4n) is 0.807. The fourth-order valence-corrected chi connectivity index (χ4v) is 1.24.